The van der Waals surface area contributed by atoms with Gasteiger partial charge in [0.15, 0.2) is 0 Å². The van der Waals surface area contributed by atoms with E-state index in [1.807, 2.05) is 0 Å². The average molecular weight is 519 g/mol. The maximum Gasteiger partial charge on any atom is 0.460 e. The second-order valence-corrected chi connectivity index (χ2v) is 6.30. The van der Waals surface area contributed by atoms with Gasteiger partial charge in [-0.1, -0.05) is 6.92 Å². The molecule has 32 heavy (non-hydrogen) atoms. The predicted octanol–water partition coefficient (Wildman–Crippen LogP) is 5.91. The molecule has 0 aliphatic rings. The molecule has 0 aromatic rings. The molecule has 2 nitrogen and oxygen atoms in total. The first-order valence-electron chi connectivity index (χ1n) is 7.65. The van der Waals surface area contributed by atoms with Crippen LogP contribution in [-0.2, 0) is 4.79 Å². The molecule has 0 aliphatic heterocycles. The van der Waals surface area contributed by atoms with Crippen LogP contribution < -0.4 is 5.32 Å². The van der Waals surface area contributed by atoms with Crippen molar-refractivity contribution >= 4 is 5.91 Å². The highest BCUT2D eigenvalue weighted by molar-refractivity contribution is 5.85. The Hall–Kier alpha value is -1.72. The number of rotatable bonds is 9. The molecular formula is C13H10F17NO. The molecule has 192 valence electrons. The topological polar surface area (TPSA) is 29.1 Å². The third-order valence-electron chi connectivity index (χ3n) is 4.00. The Balaban J connectivity index is 6.69. The molecule has 0 saturated carbocycles. The van der Waals surface area contributed by atoms with Gasteiger partial charge in [0.2, 0.25) is 0 Å². The Morgan fingerprint density at radius 1 is 0.594 bits per heavy atom. The smallest absolute Gasteiger partial charge is 0.348 e. The highest BCUT2D eigenvalue weighted by Gasteiger charge is 2.95. The van der Waals surface area contributed by atoms with Gasteiger partial charge in [0.1, 0.15) is 0 Å². The standard InChI is InChI=1S/C13H10F17NO/c1-3-4(2)31-5(32)6(14,15)7(16,17)8(18,19)9(20,21)10(22,23)11(24,25)12(26,27)13(28,29)30/h4H,3H2,1-2H3,(H,31,32)/t4-/m0/s1. The molecule has 1 amide bonds. The quantitative estimate of drug-likeness (QED) is 0.378. The summed E-state index contributed by atoms with van der Waals surface area (Å²) in [7, 11) is 0. The van der Waals surface area contributed by atoms with Crippen LogP contribution in [0.4, 0.5) is 74.6 Å². The average Bonchev–Trinajstić information content (AvgIpc) is 2.59. The van der Waals surface area contributed by atoms with Gasteiger partial charge in [-0.15, -0.1) is 0 Å². The van der Waals surface area contributed by atoms with Gasteiger partial charge >= 0.3 is 47.6 Å². The van der Waals surface area contributed by atoms with Crippen molar-refractivity contribution in [3.63, 3.8) is 0 Å². The summed E-state index contributed by atoms with van der Waals surface area (Å²) in [6, 6.07) is -1.55. The normalized spacial score (nSPS) is 16.7. The van der Waals surface area contributed by atoms with E-state index in [-0.39, 0.29) is 6.42 Å². The van der Waals surface area contributed by atoms with E-state index in [0.29, 0.717) is 0 Å². The third kappa shape index (κ3) is 3.92. The van der Waals surface area contributed by atoms with Crippen molar-refractivity contribution in [2.45, 2.75) is 73.9 Å². The van der Waals surface area contributed by atoms with Crippen molar-refractivity contribution in [3.8, 4) is 0 Å². The van der Waals surface area contributed by atoms with Gasteiger partial charge < -0.3 is 5.32 Å². The summed E-state index contributed by atoms with van der Waals surface area (Å²) in [5.74, 6) is -61.2. The van der Waals surface area contributed by atoms with Crippen LogP contribution in [0.5, 0.6) is 0 Å². The number of amides is 1. The van der Waals surface area contributed by atoms with Crippen LogP contribution in [0.1, 0.15) is 20.3 Å². The molecule has 1 atom stereocenters. The molecule has 0 fully saturated rings. The minimum atomic E-state index is -8.71. The maximum absolute atomic E-state index is 13.5. The molecular weight excluding hydrogens is 509 g/mol. The van der Waals surface area contributed by atoms with E-state index in [0.717, 1.165) is 19.2 Å². The van der Waals surface area contributed by atoms with Crippen molar-refractivity contribution in [2.75, 3.05) is 0 Å². The van der Waals surface area contributed by atoms with E-state index in [9.17, 15) is 79.4 Å². The van der Waals surface area contributed by atoms with Crippen molar-refractivity contribution in [1.82, 2.24) is 5.32 Å². The third-order valence-corrected chi connectivity index (χ3v) is 4.00. The number of carbonyl (C=O) groups is 1. The van der Waals surface area contributed by atoms with Crippen LogP contribution >= 0.6 is 0 Å². The minimum absolute atomic E-state index is 0.378. The summed E-state index contributed by atoms with van der Waals surface area (Å²) in [5.41, 5.74) is 0. The number of halogens is 17. The van der Waals surface area contributed by atoms with Crippen molar-refractivity contribution in [3.05, 3.63) is 0 Å². The summed E-state index contributed by atoms with van der Waals surface area (Å²) < 4.78 is 221. The zero-order chi connectivity index (χ0) is 26.6. The molecule has 0 radical (unpaired) electrons. The van der Waals surface area contributed by atoms with Crippen LogP contribution in [0.3, 0.4) is 0 Å². The maximum atomic E-state index is 13.5. The summed E-state index contributed by atoms with van der Waals surface area (Å²) in [6.07, 6.45) is -8.19. The molecule has 0 unspecified atom stereocenters. The fourth-order valence-electron chi connectivity index (χ4n) is 1.72. The van der Waals surface area contributed by atoms with Gasteiger partial charge in [-0.2, -0.15) is 74.6 Å². The van der Waals surface area contributed by atoms with E-state index in [2.05, 4.69) is 0 Å². The Kier molecular flexibility index (Phi) is 7.52. The lowest BCUT2D eigenvalue weighted by Crippen LogP contribution is -2.75. The van der Waals surface area contributed by atoms with Gasteiger partial charge in [-0.05, 0) is 13.3 Å². The van der Waals surface area contributed by atoms with Gasteiger partial charge in [0, 0.05) is 6.04 Å². The van der Waals surface area contributed by atoms with E-state index in [1.165, 1.54) is 0 Å². The first-order valence-corrected chi connectivity index (χ1v) is 7.65. The Morgan fingerprint density at radius 2 is 0.875 bits per heavy atom. The molecule has 0 rings (SSSR count). The highest BCUT2D eigenvalue weighted by Crippen LogP contribution is 2.63. The molecule has 0 spiro atoms. The van der Waals surface area contributed by atoms with Crippen LogP contribution in [0.15, 0.2) is 0 Å². The lowest BCUT2D eigenvalue weighted by atomic mass is 9.88. The van der Waals surface area contributed by atoms with Crippen LogP contribution in [-0.4, -0.2) is 59.6 Å². The zero-order valence-corrected chi connectivity index (χ0v) is 15.1. The van der Waals surface area contributed by atoms with Gasteiger partial charge in [0.25, 0.3) is 5.91 Å². The summed E-state index contributed by atoms with van der Waals surface area (Å²) >= 11 is 0. The number of carbonyl (C=O) groups excluding carboxylic acids is 1. The predicted molar refractivity (Wildman–Crippen MR) is 68.6 cm³/mol. The number of hydrogen-bond donors (Lipinski definition) is 1. The van der Waals surface area contributed by atoms with Gasteiger partial charge in [0.05, 0.1) is 0 Å². The van der Waals surface area contributed by atoms with Crippen molar-refractivity contribution < 1.29 is 79.4 Å². The SMILES string of the molecule is CC[C@H](C)NC(=O)C(F)(F)C(F)(F)C(F)(F)C(F)(F)C(F)(F)C(F)(F)C(F)(F)C(F)(F)F. The lowest BCUT2D eigenvalue weighted by molar-refractivity contribution is -0.459. The second kappa shape index (κ2) is 7.95. The Bertz CT molecular complexity index is 695. The van der Waals surface area contributed by atoms with Crippen molar-refractivity contribution in [2.24, 2.45) is 0 Å². The monoisotopic (exact) mass is 519 g/mol. The summed E-state index contributed by atoms with van der Waals surface area (Å²) in [6.45, 7) is 1.85. The van der Waals surface area contributed by atoms with Crippen LogP contribution in [0.25, 0.3) is 0 Å². The number of hydrogen-bond acceptors (Lipinski definition) is 1. The summed E-state index contributed by atoms with van der Waals surface area (Å²) in [4.78, 5) is 11.1. The van der Waals surface area contributed by atoms with Crippen LogP contribution in [0, 0.1) is 0 Å². The minimum Gasteiger partial charge on any atom is -0.348 e. The number of alkyl halides is 17. The van der Waals surface area contributed by atoms with E-state index < -0.39 is 59.6 Å². The summed E-state index contributed by atoms with van der Waals surface area (Å²) in [5, 5.41) is 0.861. The van der Waals surface area contributed by atoms with E-state index >= 15 is 0 Å². The molecule has 0 bridgehead atoms. The Morgan fingerprint density at radius 3 is 1.16 bits per heavy atom. The zero-order valence-electron chi connectivity index (χ0n) is 15.1. The van der Waals surface area contributed by atoms with E-state index in [4.69, 9.17) is 0 Å². The fraction of sp³-hybridized carbons (Fsp3) is 0.923. The van der Waals surface area contributed by atoms with Crippen molar-refractivity contribution in [1.29, 1.82) is 0 Å². The van der Waals surface area contributed by atoms with E-state index in [1.54, 1.807) is 0 Å². The molecule has 0 aromatic heterocycles. The van der Waals surface area contributed by atoms with Crippen LogP contribution in [0.2, 0.25) is 0 Å². The molecule has 0 heterocycles. The van der Waals surface area contributed by atoms with Gasteiger partial charge in [-0.3, -0.25) is 4.79 Å². The highest BCUT2D eigenvalue weighted by atomic mass is 19.4. The first-order chi connectivity index (χ1) is 13.6. The molecule has 0 saturated heterocycles. The molecule has 0 aromatic carbocycles. The lowest BCUT2D eigenvalue weighted by Gasteiger charge is -2.42. The number of nitrogens with one attached hydrogen (secondary N) is 1. The second-order valence-electron chi connectivity index (χ2n) is 6.30. The molecule has 0 aliphatic carbocycles. The molecule has 1 N–H and O–H groups in total. The molecule has 19 heteroatoms. The largest absolute Gasteiger partial charge is 0.460 e. The van der Waals surface area contributed by atoms with Gasteiger partial charge in [-0.25, -0.2) is 0 Å². The fourth-order valence-corrected chi connectivity index (χ4v) is 1.72. The Labute approximate surface area is 166 Å². The first kappa shape index (κ1) is 30.3.